The van der Waals surface area contributed by atoms with Crippen LogP contribution in [-0.2, 0) is 4.79 Å². The van der Waals surface area contributed by atoms with E-state index in [-0.39, 0.29) is 23.4 Å². The van der Waals surface area contributed by atoms with Gasteiger partial charge in [-0.25, -0.2) is 0 Å². The lowest BCUT2D eigenvalue weighted by Gasteiger charge is -2.33. The normalized spacial score (nSPS) is 19.7. The molecule has 21 heavy (non-hydrogen) atoms. The van der Waals surface area contributed by atoms with Gasteiger partial charge in [0.25, 0.3) is 0 Å². The Morgan fingerprint density at radius 3 is 2.76 bits per heavy atom. The summed E-state index contributed by atoms with van der Waals surface area (Å²) in [5.41, 5.74) is 0.155. The Hall–Kier alpha value is -1.76. The number of anilines is 1. The monoisotopic (exact) mass is 302 g/mol. The van der Waals surface area contributed by atoms with E-state index in [1.807, 2.05) is 6.92 Å². The van der Waals surface area contributed by atoms with Crippen LogP contribution in [0.1, 0.15) is 19.8 Å². The number of ether oxygens (including phenoxy) is 1. The molecule has 4 nitrogen and oxygen atoms in total. The number of rotatable bonds is 4. The minimum absolute atomic E-state index is 0.155. The molecule has 2 rings (SSSR count). The van der Waals surface area contributed by atoms with Crippen LogP contribution in [0.4, 0.5) is 18.9 Å². The molecular formula is C14H17F3N2O2. The van der Waals surface area contributed by atoms with Gasteiger partial charge < -0.3 is 15.0 Å². The molecule has 7 heteroatoms. The van der Waals surface area contributed by atoms with Gasteiger partial charge in [0.05, 0.1) is 11.7 Å². The molecule has 1 heterocycles. The molecule has 116 valence electrons. The first-order valence-electron chi connectivity index (χ1n) is 6.82. The summed E-state index contributed by atoms with van der Waals surface area (Å²) in [5.74, 6) is -0.572. The molecule has 1 atom stereocenters. The van der Waals surface area contributed by atoms with Crippen molar-refractivity contribution >= 4 is 11.6 Å². The first kappa shape index (κ1) is 15.6. The largest absolute Gasteiger partial charge is 0.573 e. The third kappa shape index (κ3) is 3.87. The molecule has 0 bridgehead atoms. The van der Waals surface area contributed by atoms with Gasteiger partial charge in [0.15, 0.2) is 5.75 Å². The zero-order valence-electron chi connectivity index (χ0n) is 11.6. The fraction of sp³-hybridized carbons (Fsp3) is 0.500. The summed E-state index contributed by atoms with van der Waals surface area (Å²) in [7, 11) is 0. The zero-order valence-corrected chi connectivity index (χ0v) is 11.6. The predicted molar refractivity (Wildman–Crippen MR) is 72.2 cm³/mol. The van der Waals surface area contributed by atoms with E-state index in [2.05, 4.69) is 10.1 Å². The van der Waals surface area contributed by atoms with Crippen molar-refractivity contribution in [1.82, 2.24) is 5.32 Å². The molecule has 1 aromatic rings. The smallest absolute Gasteiger partial charge is 0.404 e. The summed E-state index contributed by atoms with van der Waals surface area (Å²) in [6.07, 6.45) is -3.37. The van der Waals surface area contributed by atoms with Crippen LogP contribution in [0.25, 0.3) is 0 Å². The van der Waals surface area contributed by atoms with Gasteiger partial charge >= 0.3 is 6.36 Å². The van der Waals surface area contributed by atoms with Crippen LogP contribution in [0.3, 0.4) is 0 Å². The Kier molecular flexibility index (Phi) is 4.72. The summed E-state index contributed by atoms with van der Waals surface area (Å²) in [6.45, 7) is 2.90. The van der Waals surface area contributed by atoms with Crippen molar-refractivity contribution in [3.8, 4) is 5.75 Å². The van der Waals surface area contributed by atoms with Crippen molar-refractivity contribution in [1.29, 1.82) is 0 Å². The lowest BCUT2D eigenvalue weighted by Crippen LogP contribution is -2.51. The number of carbonyl (C=O) groups excluding carboxylic acids is 1. The van der Waals surface area contributed by atoms with E-state index >= 15 is 0 Å². The van der Waals surface area contributed by atoms with E-state index < -0.39 is 6.36 Å². The highest BCUT2D eigenvalue weighted by Crippen LogP contribution is 2.34. The minimum Gasteiger partial charge on any atom is -0.404 e. The molecule has 0 saturated carbocycles. The molecule has 0 aliphatic carbocycles. The SMILES string of the molecule is CCNC1CCCN(c2ccccc2OC(F)(F)F)C1=O. The van der Waals surface area contributed by atoms with Crippen molar-refractivity contribution in [3.63, 3.8) is 0 Å². The summed E-state index contributed by atoms with van der Waals surface area (Å²) in [5, 5.41) is 3.05. The third-order valence-corrected chi connectivity index (χ3v) is 3.27. The molecule has 1 aromatic carbocycles. The van der Waals surface area contributed by atoms with Gasteiger partial charge in [0, 0.05) is 6.54 Å². The van der Waals surface area contributed by atoms with Crippen molar-refractivity contribution < 1.29 is 22.7 Å². The number of likely N-dealkylation sites (N-methyl/N-ethyl adjacent to an activating group) is 1. The van der Waals surface area contributed by atoms with E-state index in [9.17, 15) is 18.0 Å². The van der Waals surface area contributed by atoms with E-state index in [1.165, 1.54) is 23.1 Å². The topological polar surface area (TPSA) is 41.6 Å². The van der Waals surface area contributed by atoms with Crippen LogP contribution in [0.5, 0.6) is 5.75 Å². The number of nitrogens with one attached hydrogen (secondary N) is 1. The number of halogens is 3. The quantitative estimate of drug-likeness (QED) is 0.930. The van der Waals surface area contributed by atoms with Crippen molar-refractivity contribution in [2.75, 3.05) is 18.0 Å². The van der Waals surface area contributed by atoms with Crippen LogP contribution >= 0.6 is 0 Å². The molecule has 0 aromatic heterocycles. The van der Waals surface area contributed by atoms with Crippen molar-refractivity contribution in [2.45, 2.75) is 32.2 Å². The van der Waals surface area contributed by atoms with E-state index in [0.29, 0.717) is 19.5 Å². The Bertz CT molecular complexity index is 503. The summed E-state index contributed by atoms with van der Waals surface area (Å²) in [6, 6.07) is 5.35. The van der Waals surface area contributed by atoms with E-state index in [4.69, 9.17) is 0 Å². The lowest BCUT2D eigenvalue weighted by molar-refractivity contribution is -0.274. The molecule has 1 fully saturated rings. The molecular weight excluding hydrogens is 285 g/mol. The van der Waals surface area contributed by atoms with Crippen LogP contribution in [0.2, 0.25) is 0 Å². The molecule has 0 spiro atoms. The standard InChI is InChI=1S/C14H17F3N2O2/c1-2-18-10-6-5-9-19(13(10)20)11-7-3-4-8-12(11)21-14(15,16)17/h3-4,7-8,10,18H,2,5-6,9H2,1H3. The first-order chi connectivity index (χ1) is 9.92. The highest BCUT2D eigenvalue weighted by atomic mass is 19.4. The average molecular weight is 302 g/mol. The first-order valence-corrected chi connectivity index (χ1v) is 6.82. The zero-order chi connectivity index (χ0) is 15.5. The van der Waals surface area contributed by atoms with Gasteiger partial charge in [-0.1, -0.05) is 19.1 Å². The van der Waals surface area contributed by atoms with Crippen molar-refractivity contribution in [3.05, 3.63) is 24.3 Å². The van der Waals surface area contributed by atoms with Crippen LogP contribution < -0.4 is 15.0 Å². The number of hydrogen-bond donors (Lipinski definition) is 1. The number of hydrogen-bond acceptors (Lipinski definition) is 3. The van der Waals surface area contributed by atoms with E-state index in [1.54, 1.807) is 6.07 Å². The van der Waals surface area contributed by atoms with Crippen LogP contribution in [0.15, 0.2) is 24.3 Å². The maximum absolute atomic E-state index is 12.4. The van der Waals surface area contributed by atoms with Crippen LogP contribution in [0, 0.1) is 0 Å². The Morgan fingerprint density at radius 1 is 1.38 bits per heavy atom. The van der Waals surface area contributed by atoms with Gasteiger partial charge in [-0.2, -0.15) is 0 Å². The number of benzene rings is 1. The minimum atomic E-state index is -4.78. The highest BCUT2D eigenvalue weighted by molar-refractivity contribution is 5.99. The van der Waals surface area contributed by atoms with Gasteiger partial charge in [-0.3, -0.25) is 4.79 Å². The molecule has 1 saturated heterocycles. The fourth-order valence-electron chi connectivity index (χ4n) is 2.44. The van der Waals surface area contributed by atoms with Gasteiger partial charge in [0.1, 0.15) is 0 Å². The molecule has 1 N–H and O–H groups in total. The second-order valence-electron chi connectivity index (χ2n) is 4.76. The second-order valence-corrected chi connectivity index (χ2v) is 4.76. The Morgan fingerprint density at radius 2 is 2.10 bits per heavy atom. The maximum Gasteiger partial charge on any atom is 0.573 e. The second kappa shape index (κ2) is 6.34. The number of carbonyl (C=O) groups is 1. The number of nitrogens with zero attached hydrogens (tertiary/aromatic N) is 1. The van der Waals surface area contributed by atoms with Gasteiger partial charge in [-0.05, 0) is 31.5 Å². The number of alkyl halides is 3. The summed E-state index contributed by atoms with van der Waals surface area (Å²) >= 11 is 0. The number of piperidine rings is 1. The average Bonchev–Trinajstić information content (AvgIpc) is 2.41. The summed E-state index contributed by atoms with van der Waals surface area (Å²) in [4.78, 5) is 13.7. The summed E-state index contributed by atoms with van der Waals surface area (Å²) < 4.78 is 41.4. The van der Waals surface area contributed by atoms with Gasteiger partial charge in [0.2, 0.25) is 5.91 Å². The Balaban J connectivity index is 2.26. The molecule has 1 aliphatic rings. The molecule has 0 radical (unpaired) electrons. The number of para-hydroxylation sites is 2. The molecule has 1 amide bonds. The third-order valence-electron chi connectivity index (χ3n) is 3.27. The Labute approximate surface area is 120 Å². The fourth-order valence-corrected chi connectivity index (χ4v) is 2.44. The number of amides is 1. The van der Waals surface area contributed by atoms with E-state index in [0.717, 1.165) is 6.42 Å². The van der Waals surface area contributed by atoms with Crippen LogP contribution in [-0.4, -0.2) is 31.4 Å². The predicted octanol–water partition coefficient (Wildman–Crippen LogP) is 2.69. The molecule has 1 aliphatic heterocycles. The van der Waals surface area contributed by atoms with Gasteiger partial charge in [-0.15, -0.1) is 13.2 Å². The van der Waals surface area contributed by atoms with Crippen molar-refractivity contribution in [2.24, 2.45) is 0 Å². The highest BCUT2D eigenvalue weighted by Gasteiger charge is 2.35. The lowest BCUT2D eigenvalue weighted by atomic mass is 10.0. The maximum atomic E-state index is 12.4. The molecule has 1 unspecified atom stereocenters.